The van der Waals surface area contributed by atoms with Gasteiger partial charge in [0.15, 0.2) is 0 Å². The molecule has 0 unspecified atom stereocenters. The standard InChI is InChI=1S/C29H34FN3O6S/c1-19-16-33(20(2)18-34)40(36,37)28-14-11-22(21-9-12-23(38-4)13-10-21)15-26(28)39-27(19)17-32(3)29(35)31-25-8-6-5-7-24(25)30/h5-15,19-20,27,34H,16-18H2,1-4H3,(H,31,35)/t19-,20+,27+/m1/s1. The van der Waals surface area contributed by atoms with Crippen molar-refractivity contribution < 1.29 is 32.2 Å². The van der Waals surface area contributed by atoms with Gasteiger partial charge in [-0.05, 0) is 54.4 Å². The summed E-state index contributed by atoms with van der Waals surface area (Å²) in [5, 5.41) is 12.4. The Hall–Kier alpha value is -3.67. The van der Waals surface area contributed by atoms with E-state index in [1.807, 2.05) is 31.2 Å². The van der Waals surface area contributed by atoms with Crippen molar-refractivity contribution in [3.05, 3.63) is 72.5 Å². The Morgan fingerprint density at radius 1 is 1.18 bits per heavy atom. The molecule has 0 fully saturated rings. The first-order valence-electron chi connectivity index (χ1n) is 12.9. The van der Waals surface area contributed by atoms with Crippen molar-refractivity contribution in [2.24, 2.45) is 5.92 Å². The number of fused-ring (bicyclic) bond motifs is 1. The molecule has 0 saturated heterocycles. The minimum atomic E-state index is -4.02. The smallest absolute Gasteiger partial charge is 0.321 e. The second-order valence-electron chi connectivity index (χ2n) is 9.92. The van der Waals surface area contributed by atoms with E-state index in [2.05, 4.69) is 5.32 Å². The van der Waals surface area contributed by atoms with Gasteiger partial charge in [0.25, 0.3) is 0 Å². The highest BCUT2D eigenvalue weighted by molar-refractivity contribution is 7.89. The summed E-state index contributed by atoms with van der Waals surface area (Å²) in [7, 11) is -0.880. The number of urea groups is 1. The van der Waals surface area contributed by atoms with Crippen molar-refractivity contribution >= 4 is 21.7 Å². The molecule has 1 heterocycles. The van der Waals surface area contributed by atoms with Crippen molar-refractivity contribution in [1.82, 2.24) is 9.21 Å². The van der Waals surface area contributed by atoms with Crippen LogP contribution < -0.4 is 14.8 Å². The molecule has 214 valence electrons. The highest BCUT2D eigenvalue weighted by Gasteiger charge is 2.38. The summed E-state index contributed by atoms with van der Waals surface area (Å²) in [6, 6.07) is 16.9. The minimum Gasteiger partial charge on any atom is -0.497 e. The monoisotopic (exact) mass is 571 g/mol. The number of rotatable bonds is 7. The summed E-state index contributed by atoms with van der Waals surface area (Å²) in [6.45, 7) is 3.27. The first kappa shape index (κ1) is 29.3. The molecule has 2 amide bonds. The van der Waals surface area contributed by atoms with Gasteiger partial charge in [-0.1, -0.05) is 37.3 Å². The molecule has 4 rings (SSSR count). The number of nitrogens with zero attached hydrogens (tertiary/aromatic N) is 2. The van der Waals surface area contributed by atoms with E-state index in [1.165, 1.54) is 33.5 Å². The number of nitrogens with one attached hydrogen (secondary N) is 1. The van der Waals surface area contributed by atoms with Gasteiger partial charge in [-0.2, -0.15) is 4.31 Å². The predicted octanol–water partition coefficient (Wildman–Crippen LogP) is 4.43. The molecular formula is C29H34FN3O6S. The highest BCUT2D eigenvalue weighted by Crippen LogP contribution is 2.37. The van der Waals surface area contributed by atoms with E-state index in [0.29, 0.717) is 5.75 Å². The lowest BCUT2D eigenvalue weighted by molar-refractivity contribution is 0.0830. The molecule has 3 aromatic carbocycles. The number of carbonyl (C=O) groups is 1. The van der Waals surface area contributed by atoms with Crippen molar-refractivity contribution in [1.29, 1.82) is 0 Å². The average molecular weight is 572 g/mol. The molecule has 0 bridgehead atoms. The SMILES string of the molecule is COc1ccc(-c2ccc3c(c2)O[C@@H](CN(C)C(=O)Nc2ccccc2F)[C@H](C)CN([C@@H](C)CO)S3(=O)=O)cc1. The van der Waals surface area contributed by atoms with E-state index in [9.17, 15) is 22.7 Å². The second kappa shape index (κ2) is 12.2. The number of benzene rings is 3. The van der Waals surface area contributed by atoms with Crippen molar-refractivity contribution in [2.75, 3.05) is 39.2 Å². The van der Waals surface area contributed by atoms with E-state index in [0.717, 1.165) is 11.1 Å². The quantitative estimate of drug-likeness (QED) is 0.434. The maximum Gasteiger partial charge on any atom is 0.321 e. The summed E-state index contributed by atoms with van der Waals surface area (Å²) in [5.74, 6) is -0.0973. The summed E-state index contributed by atoms with van der Waals surface area (Å²) < 4.78 is 54.4. The molecule has 40 heavy (non-hydrogen) atoms. The molecule has 1 aliphatic rings. The number of para-hydroxylation sites is 1. The summed E-state index contributed by atoms with van der Waals surface area (Å²) in [6.07, 6.45) is -0.620. The van der Waals surface area contributed by atoms with Crippen LogP contribution in [0.4, 0.5) is 14.9 Å². The largest absolute Gasteiger partial charge is 0.497 e. The maximum absolute atomic E-state index is 14.1. The van der Waals surface area contributed by atoms with E-state index in [4.69, 9.17) is 9.47 Å². The molecule has 0 radical (unpaired) electrons. The van der Waals surface area contributed by atoms with Gasteiger partial charge in [-0.3, -0.25) is 0 Å². The van der Waals surface area contributed by atoms with Crippen LogP contribution in [0.5, 0.6) is 11.5 Å². The molecule has 11 heteroatoms. The van der Waals surface area contributed by atoms with Gasteiger partial charge in [0, 0.05) is 25.6 Å². The fraction of sp³-hybridized carbons (Fsp3) is 0.345. The Balaban J connectivity index is 1.69. The summed E-state index contributed by atoms with van der Waals surface area (Å²) >= 11 is 0. The third-order valence-corrected chi connectivity index (χ3v) is 9.03. The maximum atomic E-state index is 14.1. The van der Waals surface area contributed by atoms with Crippen LogP contribution in [0.15, 0.2) is 71.6 Å². The molecule has 0 saturated carbocycles. The Morgan fingerprint density at radius 2 is 1.85 bits per heavy atom. The number of hydrogen-bond donors (Lipinski definition) is 2. The van der Waals surface area contributed by atoms with Gasteiger partial charge < -0.3 is 24.8 Å². The molecule has 0 spiro atoms. The average Bonchev–Trinajstić information content (AvgIpc) is 2.95. The van der Waals surface area contributed by atoms with Crippen LogP contribution in [-0.2, 0) is 10.0 Å². The molecule has 9 nitrogen and oxygen atoms in total. The van der Waals surface area contributed by atoms with Gasteiger partial charge in [-0.15, -0.1) is 0 Å². The molecular weight excluding hydrogens is 537 g/mol. The van der Waals surface area contributed by atoms with Gasteiger partial charge in [0.05, 0.1) is 25.9 Å². The lowest BCUT2D eigenvalue weighted by atomic mass is 10.0. The zero-order valence-electron chi connectivity index (χ0n) is 22.9. The third-order valence-electron chi connectivity index (χ3n) is 7.01. The van der Waals surface area contributed by atoms with Crippen molar-refractivity contribution in [3.63, 3.8) is 0 Å². The number of methoxy groups -OCH3 is 1. The first-order chi connectivity index (χ1) is 19.0. The van der Waals surface area contributed by atoms with Gasteiger partial charge in [-0.25, -0.2) is 17.6 Å². The molecule has 0 aromatic heterocycles. The van der Waals surface area contributed by atoms with E-state index >= 15 is 0 Å². The number of hydrogen-bond acceptors (Lipinski definition) is 6. The van der Waals surface area contributed by atoms with Crippen LogP contribution in [0.1, 0.15) is 13.8 Å². The topological polar surface area (TPSA) is 108 Å². The Kier molecular flexibility index (Phi) is 8.97. The van der Waals surface area contributed by atoms with E-state index < -0.39 is 34.0 Å². The molecule has 3 aromatic rings. The number of amides is 2. The normalized spacial score (nSPS) is 19.4. The fourth-order valence-corrected chi connectivity index (χ4v) is 6.36. The van der Waals surface area contributed by atoms with E-state index in [1.54, 1.807) is 39.3 Å². The summed E-state index contributed by atoms with van der Waals surface area (Å²) in [5.41, 5.74) is 1.61. The zero-order valence-corrected chi connectivity index (χ0v) is 23.7. The van der Waals surface area contributed by atoms with Crippen LogP contribution in [0.3, 0.4) is 0 Å². The minimum absolute atomic E-state index is 0.0274. The number of ether oxygens (including phenoxy) is 2. The third kappa shape index (κ3) is 6.22. The first-order valence-corrected chi connectivity index (χ1v) is 14.3. The van der Waals surface area contributed by atoms with Gasteiger partial charge >= 0.3 is 6.03 Å². The number of aliphatic hydroxyl groups is 1. The lowest BCUT2D eigenvalue weighted by Crippen LogP contribution is -2.50. The lowest BCUT2D eigenvalue weighted by Gasteiger charge is -2.37. The van der Waals surface area contributed by atoms with Crippen LogP contribution in [-0.4, -0.2) is 74.8 Å². The van der Waals surface area contributed by atoms with Crippen LogP contribution in [0, 0.1) is 11.7 Å². The summed E-state index contributed by atoms with van der Waals surface area (Å²) in [4.78, 5) is 14.2. The van der Waals surface area contributed by atoms with Crippen LogP contribution in [0.25, 0.3) is 11.1 Å². The molecule has 1 aliphatic heterocycles. The van der Waals surface area contributed by atoms with Crippen LogP contribution in [0.2, 0.25) is 0 Å². The zero-order chi connectivity index (χ0) is 29.0. The van der Waals surface area contributed by atoms with Crippen molar-refractivity contribution in [3.8, 4) is 22.6 Å². The van der Waals surface area contributed by atoms with Crippen molar-refractivity contribution in [2.45, 2.75) is 30.9 Å². The molecule has 0 aliphatic carbocycles. The fourth-order valence-electron chi connectivity index (χ4n) is 4.53. The number of halogens is 1. The predicted molar refractivity (Wildman–Crippen MR) is 150 cm³/mol. The molecule has 2 N–H and O–H groups in total. The number of sulfonamides is 1. The van der Waals surface area contributed by atoms with Gasteiger partial charge in [0.2, 0.25) is 10.0 Å². The van der Waals surface area contributed by atoms with E-state index in [-0.39, 0.29) is 41.9 Å². The number of aliphatic hydroxyl groups excluding tert-OH is 1. The second-order valence-corrected chi connectivity index (χ2v) is 11.8. The number of likely N-dealkylation sites (N-methyl/N-ethyl adjacent to an activating group) is 1. The van der Waals surface area contributed by atoms with Gasteiger partial charge in [0.1, 0.15) is 28.3 Å². The Bertz CT molecular complexity index is 1450. The number of anilines is 1. The Morgan fingerprint density at radius 3 is 2.50 bits per heavy atom. The molecule has 3 atom stereocenters. The Labute approximate surface area is 234 Å². The van der Waals surface area contributed by atoms with Crippen LogP contribution >= 0.6 is 0 Å². The highest BCUT2D eigenvalue weighted by atomic mass is 32.2. The number of carbonyl (C=O) groups excluding carboxylic acids is 1.